The Balaban J connectivity index is 2.59. The van der Waals surface area contributed by atoms with E-state index in [0.717, 1.165) is 11.4 Å². The summed E-state index contributed by atoms with van der Waals surface area (Å²) < 4.78 is 5.13. The monoisotopic (exact) mass is 204 g/mol. The number of nitrogens with zero attached hydrogens (tertiary/aromatic N) is 4. The van der Waals surface area contributed by atoms with Gasteiger partial charge in [0.05, 0.1) is 7.11 Å². The molecule has 1 aromatic heterocycles. The van der Waals surface area contributed by atoms with E-state index in [2.05, 4.69) is 15.0 Å². The summed E-state index contributed by atoms with van der Waals surface area (Å²) in [5.74, 6) is 0.734. The Hall–Kier alpha value is -2.00. The Kier molecular flexibility index (Phi) is 4.77. The molecule has 0 amide bonds. The van der Waals surface area contributed by atoms with E-state index >= 15 is 0 Å². The quantitative estimate of drug-likeness (QED) is 0.320. The highest BCUT2D eigenvalue weighted by molar-refractivity contribution is 5.52. The van der Waals surface area contributed by atoms with Gasteiger partial charge in [-0.25, -0.2) is 0 Å². The van der Waals surface area contributed by atoms with Gasteiger partial charge in [-0.05, 0) is 30.2 Å². The lowest BCUT2D eigenvalue weighted by atomic mass is 10.3. The van der Waals surface area contributed by atoms with E-state index in [-0.39, 0.29) is 0 Å². The summed E-state index contributed by atoms with van der Waals surface area (Å²) in [6, 6.07) is 3.66. The average molecular weight is 204 g/mol. The zero-order valence-electron chi connectivity index (χ0n) is 8.50. The van der Waals surface area contributed by atoms with Crippen molar-refractivity contribution in [1.82, 2.24) is 4.98 Å². The summed E-state index contributed by atoms with van der Waals surface area (Å²) in [5.41, 5.74) is 8.85. The highest BCUT2D eigenvalue weighted by Crippen LogP contribution is 2.15. The van der Waals surface area contributed by atoms with Crippen LogP contribution in [0.25, 0.3) is 16.5 Å². The van der Waals surface area contributed by atoms with Crippen LogP contribution < -0.4 is 4.74 Å². The smallest absolute Gasteiger partial charge is 0.144 e. The highest BCUT2D eigenvalue weighted by atomic mass is 16.5. The van der Waals surface area contributed by atoms with Crippen LogP contribution in [0.1, 0.15) is 12.1 Å². The average Bonchev–Trinajstić information content (AvgIpc) is 2.29. The van der Waals surface area contributed by atoms with E-state index < -0.39 is 0 Å². The van der Waals surface area contributed by atoms with E-state index in [4.69, 9.17) is 10.3 Å². The molecule has 0 saturated carbocycles. The topological polar surface area (TPSA) is 70.9 Å². The molecule has 15 heavy (non-hydrogen) atoms. The summed E-state index contributed by atoms with van der Waals surface area (Å²) in [5, 5.41) is 3.42. The van der Waals surface area contributed by atoms with Crippen molar-refractivity contribution in [3.8, 4) is 5.75 Å². The van der Waals surface area contributed by atoms with Crippen molar-refractivity contribution >= 4 is 6.08 Å². The molecule has 0 atom stereocenters. The standard InChI is InChI=1S/C10H12N4O/c1-15-10-6-4-7-12-9(10)5-2-3-8-13-14-11/h2,4-7H,3,8H2,1H3. The highest BCUT2D eigenvalue weighted by Gasteiger charge is 1.97. The molecule has 0 unspecified atom stereocenters. The number of hydrogen-bond acceptors (Lipinski definition) is 3. The van der Waals surface area contributed by atoms with E-state index in [1.165, 1.54) is 0 Å². The summed E-state index contributed by atoms with van der Waals surface area (Å²) in [6.07, 6.45) is 6.16. The maximum atomic E-state index is 8.07. The SMILES string of the molecule is COc1cccnc1C=CCCN=[N+]=[N-]. The van der Waals surface area contributed by atoms with Crippen molar-refractivity contribution in [3.63, 3.8) is 0 Å². The first-order valence-corrected chi connectivity index (χ1v) is 4.55. The Morgan fingerprint density at radius 1 is 1.67 bits per heavy atom. The van der Waals surface area contributed by atoms with E-state index in [0.29, 0.717) is 13.0 Å². The number of hydrogen-bond donors (Lipinski definition) is 0. The second-order valence-electron chi connectivity index (χ2n) is 2.74. The van der Waals surface area contributed by atoms with Gasteiger partial charge in [-0.1, -0.05) is 11.2 Å². The predicted octanol–water partition coefficient (Wildman–Crippen LogP) is 2.80. The van der Waals surface area contributed by atoms with Crippen LogP contribution in [-0.2, 0) is 0 Å². The van der Waals surface area contributed by atoms with Gasteiger partial charge >= 0.3 is 0 Å². The normalized spacial score (nSPS) is 9.93. The fraction of sp³-hybridized carbons (Fsp3) is 0.300. The van der Waals surface area contributed by atoms with Gasteiger partial charge in [0.25, 0.3) is 0 Å². The summed E-state index contributed by atoms with van der Waals surface area (Å²) in [7, 11) is 1.61. The third-order valence-electron chi connectivity index (χ3n) is 1.75. The fourth-order valence-electron chi connectivity index (χ4n) is 1.07. The van der Waals surface area contributed by atoms with Gasteiger partial charge in [-0.3, -0.25) is 4.98 Å². The minimum absolute atomic E-state index is 0.460. The van der Waals surface area contributed by atoms with E-state index in [9.17, 15) is 0 Å². The number of methoxy groups -OCH3 is 1. The molecule has 0 saturated heterocycles. The number of rotatable bonds is 5. The molecule has 0 bridgehead atoms. The minimum atomic E-state index is 0.460. The largest absolute Gasteiger partial charge is 0.494 e. The van der Waals surface area contributed by atoms with Gasteiger partial charge in [-0.2, -0.15) is 0 Å². The van der Waals surface area contributed by atoms with E-state index in [1.54, 1.807) is 13.3 Å². The first-order chi connectivity index (χ1) is 7.38. The van der Waals surface area contributed by atoms with Crippen molar-refractivity contribution in [3.05, 3.63) is 40.5 Å². The molecule has 5 nitrogen and oxygen atoms in total. The van der Waals surface area contributed by atoms with Crippen LogP contribution in [0.5, 0.6) is 5.75 Å². The zero-order chi connectivity index (χ0) is 10.9. The summed E-state index contributed by atoms with van der Waals surface area (Å²) in [6.45, 7) is 0.460. The molecule has 0 N–H and O–H groups in total. The van der Waals surface area contributed by atoms with Crippen molar-refractivity contribution in [2.45, 2.75) is 6.42 Å². The second-order valence-corrected chi connectivity index (χ2v) is 2.74. The molecule has 1 aromatic rings. The molecule has 1 rings (SSSR count). The van der Waals surface area contributed by atoms with E-state index in [1.807, 2.05) is 24.3 Å². The maximum absolute atomic E-state index is 8.07. The Morgan fingerprint density at radius 2 is 2.53 bits per heavy atom. The molecule has 0 aliphatic heterocycles. The van der Waals surface area contributed by atoms with Gasteiger partial charge in [0.1, 0.15) is 11.4 Å². The lowest BCUT2D eigenvalue weighted by Crippen LogP contribution is -1.88. The molecular formula is C10H12N4O. The van der Waals surface area contributed by atoms with Crippen molar-refractivity contribution < 1.29 is 4.74 Å². The van der Waals surface area contributed by atoms with Crippen LogP contribution in [0.4, 0.5) is 0 Å². The molecule has 0 radical (unpaired) electrons. The lowest BCUT2D eigenvalue weighted by Gasteiger charge is -2.01. The first kappa shape index (κ1) is 11.1. The third kappa shape index (κ3) is 3.70. The van der Waals surface area contributed by atoms with Crippen LogP contribution in [0.3, 0.4) is 0 Å². The molecule has 0 aromatic carbocycles. The lowest BCUT2D eigenvalue weighted by molar-refractivity contribution is 0.412. The van der Waals surface area contributed by atoms with Crippen molar-refractivity contribution in [2.75, 3.05) is 13.7 Å². The molecule has 78 valence electrons. The third-order valence-corrected chi connectivity index (χ3v) is 1.75. The number of ether oxygens (including phenoxy) is 1. The predicted molar refractivity (Wildman–Crippen MR) is 58.5 cm³/mol. The Bertz CT molecular complexity index is 383. The van der Waals surface area contributed by atoms with Crippen LogP contribution >= 0.6 is 0 Å². The van der Waals surface area contributed by atoms with Crippen LogP contribution in [-0.4, -0.2) is 18.6 Å². The molecular weight excluding hydrogens is 192 g/mol. The molecule has 0 aliphatic rings. The second kappa shape index (κ2) is 6.45. The number of aromatic nitrogens is 1. The molecule has 5 heteroatoms. The number of azide groups is 1. The molecule has 0 aliphatic carbocycles. The maximum Gasteiger partial charge on any atom is 0.144 e. The van der Waals surface area contributed by atoms with Crippen LogP contribution in [0, 0.1) is 0 Å². The van der Waals surface area contributed by atoms with Crippen molar-refractivity contribution in [1.29, 1.82) is 0 Å². The van der Waals surface area contributed by atoms with Crippen LogP contribution in [0.2, 0.25) is 0 Å². The zero-order valence-corrected chi connectivity index (χ0v) is 8.50. The van der Waals surface area contributed by atoms with Gasteiger partial charge < -0.3 is 4.74 Å². The molecule has 0 fully saturated rings. The molecule has 0 spiro atoms. The van der Waals surface area contributed by atoms with Gasteiger partial charge in [0, 0.05) is 17.7 Å². The fourth-order valence-corrected chi connectivity index (χ4v) is 1.07. The van der Waals surface area contributed by atoms with Gasteiger partial charge in [0.2, 0.25) is 0 Å². The summed E-state index contributed by atoms with van der Waals surface area (Å²) in [4.78, 5) is 6.82. The van der Waals surface area contributed by atoms with Crippen molar-refractivity contribution in [2.24, 2.45) is 5.11 Å². The van der Waals surface area contributed by atoms with Gasteiger partial charge in [-0.15, -0.1) is 0 Å². The van der Waals surface area contributed by atoms with Crippen LogP contribution in [0.15, 0.2) is 29.5 Å². The Labute approximate surface area is 88.0 Å². The summed E-state index contributed by atoms with van der Waals surface area (Å²) >= 11 is 0. The van der Waals surface area contributed by atoms with Gasteiger partial charge in [0.15, 0.2) is 0 Å². The first-order valence-electron chi connectivity index (χ1n) is 4.55. The number of pyridine rings is 1. The molecule has 1 heterocycles. The minimum Gasteiger partial charge on any atom is -0.494 e. The Morgan fingerprint density at radius 3 is 3.27 bits per heavy atom.